The lowest BCUT2D eigenvalue weighted by molar-refractivity contribution is -0.139. The Morgan fingerprint density at radius 2 is 1.75 bits per heavy atom. The third-order valence-corrected chi connectivity index (χ3v) is 7.67. The van der Waals surface area contributed by atoms with Gasteiger partial charge in [-0.3, -0.25) is 4.79 Å². The Morgan fingerprint density at radius 3 is 2.42 bits per heavy atom. The van der Waals surface area contributed by atoms with Crippen molar-refractivity contribution in [2.45, 2.75) is 45.1 Å². The van der Waals surface area contributed by atoms with Crippen LogP contribution >= 0.6 is 11.3 Å². The third-order valence-electron chi connectivity index (χ3n) is 6.37. The Balaban J connectivity index is 1.76. The second kappa shape index (κ2) is 11.4. The Bertz CT molecular complexity index is 1250. The molecule has 3 aromatic rings. The van der Waals surface area contributed by atoms with Gasteiger partial charge in [0.25, 0.3) is 5.91 Å². The number of amides is 1. The highest BCUT2D eigenvalue weighted by molar-refractivity contribution is 7.18. The van der Waals surface area contributed by atoms with Gasteiger partial charge in [-0.15, -0.1) is 11.3 Å². The highest BCUT2D eigenvalue weighted by Gasteiger charge is 2.29. The molecule has 1 heterocycles. The van der Waals surface area contributed by atoms with E-state index in [4.69, 9.17) is 14.6 Å². The van der Waals surface area contributed by atoms with Crippen LogP contribution in [0.3, 0.4) is 0 Å². The molecular formula is C28H29NO6S. The minimum Gasteiger partial charge on any atom is -0.480 e. The van der Waals surface area contributed by atoms with Crippen molar-refractivity contribution in [3.05, 3.63) is 70.6 Å². The summed E-state index contributed by atoms with van der Waals surface area (Å²) in [7, 11) is 1.27. The van der Waals surface area contributed by atoms with Crippen molar-refractivity contribution in [1.82, 2.24) is 0 Å². The van der Waals surface area contributed by atoms with E-state index in [1.807, 2.05) is 59.5 Å². The van der Waals surface area contributed by atoms with Gasteiger partial charge < -0.3 is 19.5 Å². The molecule has 7 nitrogen and oxygen atoms in total. The Labute approximate surface area is 214 Å². The van der Waals surface area contributed by atoms with E-state index in [1.54, 1.807) is 6.92 Å². The number of methoxy groups -OCH3 is 1. The molecule has 1 fully saturated rings. The van der Waals surface area contributed by atoms with E-state index in [0.717, 1.165) is 41.8 Å². The molecule has 0 spiro atoms. The van der Waals surface area contributed by atoms with Gasteiger partial charge in [0, 0.05) is 27.7 Å². The molecule has 1 amide bonds. The molecule has 0 atom stereocenters. The number of hydrogen-bond donors (Lipinski definition) is 1. The minimum absolute atomic E-state index is 0.0386. The van der Waals surface area contributed by atoms with Gasteiger partial charge in [-0.2, -0.15) is 0 Å². The predicted octanol–water partition coefficient (Wildman–Crippen LogP) is 5.95. The van der Waals surface area contributed by atoms with Gasteiger partial charge in [0.05, 0.1) is 7.11 Å². The summed E-state index contributed by atoms with van der Waals surface area (Å²) in [4.78, 5) is 40.1. The highest BCUT2D eigenvalue weighted by Crippen LogP contribution is 2.43. The number of carbonyl (C=O) groups excluding carboxylic acids is 2. The maximum Gasteiger partial charge on any atom is 0.351 e. The molecule has 1 aliphatic rings. The Hall–Kier alpha value is -3.65. The number of anilines is 1. The molecule has 0 radical (unpaired) electrons. The average molecular weight is 508 g/mol. The number of rotatable bonds is 8. The summed E-state index contributed by atoms with van der Waals surface area (Å²) >= 11 is 1.19. The summed E-state index contributed by atoms with van der Waals surface area (Å²) in [6, 6.07) is 17.1. The van der Waals surface area contributed by atoms with Crippen molar-refractivity contribution in [1.29, 1.82) is 0 Å². The van der Waals surface area contributed by atoms with E-state index in [1.165, 1.54) is 24.9 Å². The first-order chi connectivity index (χ1) is 17.4. The first-order valence-corrected chi connectivity index (χ1v) is 12.8. The van der Waals surface area contributed by atoms with Crippen LogP contribution in [0.2, 0.25) is 0 Å². The zero-order valence-electron chi connectivity index (χ0n) is 20.4. The van der Waals surface area contributed by atoms with Crippen molar-refractivity contribution in [3.63, 3.8) is 0 Å². The first-order valence-electron chi connectivity index (χ1n) is 12.0. The topological polar surface area (TPSA) is 93.1 Å². The maximum absolute atomic E-state index is 13.7. The number of carboxylic acids is 1. The lowest BCUT2D eigenvalue weighted by atomic mass is 9.93. The fraction of sp³-hybridized carbons (Fsp3) is 0.321. The fourth-order valence-electron chi connectivity index (χ4n) is 4.66. The van der Waals surface area contributed by atoms with Gasteiger partial charge in [0.1, 0.15) is 5.75 Å². The number of esters is 1. The fourth-order valence-corrected chi connectivity index (χ4v) is 5.82. The highest BCUT2D eigenvalue weighted by atomic mass is 32.1. The molecule has 0 unspecified atom stereocenters. The summed E-state index contributed by atoms with van der Waals surface area (Å²) < 4.78 is 10.4. The van der Waals surface area contributed by atoms with Crippen LogP contribution in [-0.4, -0.2) is 42.7 Å². The first kappa shape index (κ1) is 25.4. The Kier molecular flexibility index (Phi) is 8.05. The predicted molar refractivity (Wildman–Crippen MR) is 139 cm³/mol. The van der Waals surface area contributed by atoms with Gasteiger partial charge in [0.15, 0.2) is 11.5 Å². The molecule has 1 aliphatic carbocycles. The normalized spacial score (nSPS) is 13.7. The number of carboxylic acid groups (broad SMARTS) is 1. The molecule has 8 heteroatoms. The largest absolute Gasteiger partial charge is 0.480 e. The molecule has 36 heavy (non-hydrogen) atoms. The minimum atomic E-state index is -1.14. The molecule has 4 rings (SSSR count). The van der Waals surface area contributed by atoms with Crippen molar-refractivity contribution < 1.29 is 29.0 Å². The second-order valence-electron chi connectivity index (χ2n) is 8.77. The van der Waals surface area contributed by atoms with Crippen LogP contribution in [0.1, 0.15) is 57.7 Å². The molecule has 1 aromatic heterocycles. The molecular weight excluding hydrogens is 478 g/mol. The van der Waals surface area contributed by atoms with Crippen molar-refractivity contribution in [3.8, 4) is 16.2 Å². The van der Waals surface area contributed by atoms with Crippen LogP contribution in [0.15, 0.2) is 54.6 Å². The van der Waals surface area contributed by atoms with Crippen LogP contribution in [0.25, 0.3) is 10.4 Å². The van der Waals surface area contributed by atoms with Crippen LogP contribution in [0, 0.1) is 6.92 Å². The molecule has 0 saturated heterocycles. The van der Waals surface area contributed by atoms with Crippen LogP contribution in [0.5, 0.6) is 5.75 Å². The zero-order chi connectivity index (χ0) is 25.7. The summed E-state index contributed by atoms with van der Waals surface area (Å²) in [5.41, 5.74) is 2.89. The van der Waals surface area contributed by atoms with Crippen LogP contribution < -0.4 is 9.64 Å². The molecule has 1 N–H and O–H groups in total. The number of hydrogen-bond acceptors (Lipinski definition) is 6. The quantitative estimate of drug-likeness (QED) is 0.379. The number of ether oxygens (including phenoxy) is 2. The number of nitrogens with zero attached hydrogens (tertiary/aromatic N) is 1. The van der Waals surface area contributed by atoms with E-state index in [9.17, 15) is 14.4 Å². The van der Waals surface area contributed by atoms with Gasteiger partial charge in [-0.25, -0.2) is 9.59 Å². The second-order valence-corrected chi connectivity index (χ2v) is 9.79. The van der Waals surface area contributed by atoms with Crippen molar-refractivity contribution in [2.75, 3.05) is 18.6 Å². The smallest absolute Gasteiger partial charge is 0.351 e. The average Bonchev–Trinajstić information content (AvgIpc) is 3.24. The van der Waals surface area contributed by atoms with E-state index in [2.05, 4.69) is 0 Å². The van der Waals surface area contributed by atoms with E-state index >= 15 is 0 Å². The molecule has 188 valence electrons. The summed E-state index contributed by atoms with van der Waals surface area (Å²) in [5, 5.41) is 9.07. The van der Waals surface area contributed by atoms with E-state index in [0.29, 0.717) is 11.1 Å². The Morgan fingerprint density at radius 1 is 1.03 bits per heavy atom. The lowest BCUT2D eigenvalue weighted by Gasteiger charge is -2.35. The molecule has 1 saturated carbocycles. The number of thiophene rings is 1. The monoisotopic (exact) mass is 507 g/mol. The van der Waals surface area contributed by atoms with Crippen molar-refractivity contribution in [2.24, 2.45) is 0 Å². The third kappa shape index (κ3) is 5.44. The zero-order valence-corrected chi connectivity index (χ0v) is 21.2. The van der Waals surface area contributed by atoms with Crippen molar-refractivity contribution >= 4 is 34.9 Å². The molecule has 0 bridgehead atoms. The van der Waals surface area contributed by atoms with Crippen LogP contribution in [-0.2, 0) is 9.53 Å². The van der Waals surface area contributed by atoms with Gasteiger partial charge in [0.2, 0.25) is 0 Å². The SMILES string of the molecule is COC(=O)c1sc(-c2cccc(N(C(=O)c3ccccc3)C3CCCCC3)c2)c(C)c1OCC(=O)O. The van der Waals surface area contributed by atoms with Gasteiger partial charge in [-0.05, 0) is 49.6 Å². The maximum atomic E-state index is 13.7. The lowest BCUT2D eigenvalue weighted by Crippen LogP contribution is -2.41. The van der Waals surface area contributed by atoms with E-state index in [-0.39, 0.29) is 22.6 Å². The number of carbonyl (C=O) groups is 3. The number of aliphatic carboxylic acids is 1. The standard InChI is InChI=1S/C28H29NO6S/c1-18-24(35-17-23(30)31)26(28(33)34-2)36-25(18)20-12-9-15-22(16-20)29(21-13-7-4-8-14-21)27(32)19-10-5-3-6-11-19/h3,5-6,9-12,15-16,21H,4,7-8,13-14,17H2,1-2H3,(H,30,31). The summed E-state index contributed by atoms with van der Waals surface area (Å²) in [6.45, 7) is 1.22. The molecule has 2 aromatic carbocycles. The summed E-state index contributed by atoms with van der Waals surface area (Å²) in [5.74, 6) is -1.56. The van der Waals surface area contributed by atoms with Gasteiger partial charge >= 0.3 is 11.9 Å². The van der Waals surface area contributed by atoms with E-state index < -0.39 is 18.5 Å². The summed E-state index contributed by atoms with van der Waals surface area (Å²) in [6.07, 6.45) is 5.23. The van der Waals surface area contributed by atoms with Gasteiger partial charge in [-0.1, -0.05) is 49.6 Å². The number of benzene rings is 2. The van der Waals surface area contributed by atoms with Crippen LogP contribution in [0.4, 0.5) is 5.69 Å². The molecule has 0 aliphatic heterocycles.